The maximum atomic E-state index is 13.0. The first-order valence-corrected chi connectivity index (χ1v) is 9.32. The largest absolute Gasteiger partial charge is 0.373 e. The highest BCUT2D eigenvalue weighted by molar-refractivity contribution is 5.86. The zero-order valence-electron chi connectivity index (χ0n) is 14.6. The molecular weight excluding hydrogens is 314 g/mol. The molecule has 3 aliphatic rings. The van der Waals surface area contributed by atoms with Gasteiger partial charge in [-0.2, -0.15) is 5.26 Å². The van der Waals surface area contributed by atoms with Crippen molar-refractivity contribution in [1.82, 2.24) is 9.80 Å². The van der Waals surface area contributed by atoms with Gasteiger partial charge < -0.3 is 9.64 Å². The summed E-state index contributed by atoms with van der Waals surface area (Å²) in [6.07, 6.45) is 3.46. The molecule has 0 N–H and O–H groups in total. The average Bonchev–Trinajstić information content (AvgIpc) is 3.30. The highest BCUT2D eigenvalue weighted by atomic mass is 16.5. The average molecular weight is 339 g/mol. The molecule has 4 rings (SSSR count). The lowest BCUT2D eigenvalue weighted by Gasteiger charge is -2.36. The molecule has 1 aromatic carbocycles. The molecule has 2 aliphatic heterocycles. The number of carbonyl (C=O) groups excluding carboxylic acids is 1. The lowest BCUT2D eigenvalue weighted by molar-refractivity contribution is -0.138. The summed E-state index contributed by atoms with van der Waals surface area (Å²) in [5, 5.41) is 9.61. The highest BCUT2D eigenvalue weighted by Crippen LogP contribution is 2.40. The van der Waals surface area contributed by atoms with Gasteiger partial charge in [0.2, 0.25) is 5.91 Å². The van der Waals surface area contributed by atoms with Crippen molar-refractivity contribution in [2.24, 2.45) is 5.41 Å². The Morgan fingerprint density at radius 3 is 2.72 bits per heavy atom. The number of nitriles is 1. The summed E-state index contributed by atoms with van der Waals surface area (Å²) in [5.74, 6) is 0.0326. The van der Waals surface area contributed by atoms with Gasteiger partial charge in [-0.15, -0.1) is 0 Å². The van der Waals surface area contributed by atoms with Crippen molar-refractivity contribution in [3.05, 3.63) is 35.9 Å². The van der Waals surface area contributed by atoms with Crippen LogP contribution < -0.4 is 0 Å². The Morgan fingerprint density at radius 2 is 2.00 bits per heavy atom. The molecule has 3 fully saturated rings. The normalized spacial score (nSPS) is 28.5. The quantitative estimate of drug-likeness (QED) is 0.847. The van der Waals surface area contributed by atoms with Crippen LogP contribution in [0.5, 0.6) is 0 Å². The smallest absolute Gasteiger partial charge is 0.243 e. The van der Waals surface area contributed by atoms with E-state index in [1.807, 2.05) is 11.0 Å². The number of carbonyl (C=O) groups is 1. The lowest BCUT2D eigenvalue weighted by atomic mass is 9.86. The number of morpholine rings is 1. The fourth-order valence-corrected chi connectivity index (χ4v) is 4.59. The second kappa shape index (κ2) is 6.78. The van der Waals surface area contributed by atoms with Crippen molar-refractivity contribution in [2.75, 3.05) is 26.2 Å². The van der Waals surface area contributed by atoms with Gasteiger partial charge in [0.15, 0.2) is 0 Å². The molecule has 0 unspecified atom stereocenters. The first-order chi connectivity index (χ1) is 12.2. The summed E-state index contributed by atoms with van der Waals surface area (Å²) >= 11 is 0. The Bertz CT molecular complexity index is 663. The predicted molar refractivity (Wildman–Crippen MR) is 93.5 cm³/mol. The summed E-state index contributed by atoms with van der Waals surface area (Å²) in [5.41, 5.74) is 0.509. The molecule has 1 aliphatic carbocycles. The summed E-state index contributed by atoms with van der Waals surface area (Å²) in [6.45, 7) is 3.79. The molecule has 1 saturated carbocycles. The summed E-state index contributed by atoms with van der Waals surface area (Å²) in [6, 6.07) is 13.0. The van der Waals surface area contributed by atoms with Crippen LogP contribution in [-0.2, 0) is 16.1 Å². The minimum Gasteiger partial charge on any atom is -0.373 e. The minimum atomic E-state index is -0.780. The Hall–Kier alpha value is -1.90. The van der Waals surface area contributed by atoms with Crippen molar-refractivity contribution in [3.8, 4) is 6.07 Å². The number of fused-ring (bicyclic) bond motifs is 1. The maximum absolute atomic E-state index is 13.0. The number of benzene rings is 1. The summed E-state index contributed by atoms with van der Waals surface area (Å²) in [4.78, 5) is 17.4. The van der Waals surface area contributed by atoms with Gasteiger partial charge in [0, 0.05) is 26.2 Å². The number of rotatable bonds is 3. The van der Waals surface area contributed by atoms with Crippen LogP contribution in [0.3, 0.4) is 0 Å². The zero-order chi connectivity index (χ0) is 17.3. The molecule has 2 saturated heterocycles. The fourth-order valence-electron chi connectivity index (χ4n) is 4.59. The van der Waals surface area contributed by atoms with E-state index >= 15 is 0 Å². The van der Waals surface area contributed by atoms with E-state index in [0.29, 0.717) is 32.5 Å². The Balaban J connectivity index is 1.47. The molecule has 1 amide bonds. The molecule has 0 radical (unpaired) electrons. The van der Waals surface area contributed by atoms with Gasteiger partial charge in [0.25, 0.3) is 0 Å². The summed E-state index contributed by atoms with van der Waals surface area (Å²) < 4.78 is 5.96. The van der Waals surface area contributed by atoms with Crippen molar-refractivity contribution in [2.45, 2.75) is 44.4 Å². The van der Waals surface area contributed by atoms with Gasteiger partial charge >= 0.3 is 0 Å². The zero-order valence-corrected chi connectivity index (χ0v) is 14.6. The molecule has 2 atom stereocenters. The van der Waals surface area contributed by atoms with E-state index in [2.05, 4.69) is 35.2 Å². The molecule has 0 aromatic heterocycles. The van der Waals surface area contributed by atoms with Crippen molar-refractivity contribution >= 4 is 5.91 Å². The number of nitrogens with zero attached hydrogens (tertiary/aromatic N) is 3. The van der Waals surface area contributed by atoms with Crippen LogP contribution in [0, 0.1) is 16.7 Å². The van der Waals surface area contributed by atoms with E-state index in [0.717, 1.165) is 25.9 Å². The minimum absolute atomic E-state index is 0.0326. The first kappa shape index (κ1) is 16.6. The Labute approximate surface area is 149 Å². The fraction of sp³-hybridized carbons (Fsp3) is 0.600. The topological polar surface area (TPSA) is 56.6 Å². The first-order valence-electron chi connectivity index (χ1n) is 9.32. The van der Waals surface area contributed by atoms with Crippen LogP contribution in [0.2, 0.25) is 0 Å². The standard InChI is InChI=1S/C20H25N3O2/c21-15-20(8-4-5-9-20)19(24)23-13-17-18(14-23)25-11-10-22(17)12-16-6-2-1-3-7-16/h1-3,6-7,17-18H,4-5,8-14H2/t17-,18-/m0/s1. The molecule has 1 aromatic rings. The third kappa shape index (κ3) is 3.05. The van der Waals surface area contributed by atoms with Crippen LogP contribution in [0.15, 0.2) is 30.3 Å². The van der Waals surface area contributed by atoms with Crippen LogP contribution >= 0.6 is 0 Å². The third-order valence-electron chi connectivity index (χ3n) is 6.01. The van der Waals surface area contributed by atoms with Gasteiger partial charge in [-0.1, -0.05) is 43.2 Å². The van der Waals surface area contributed by atoms with E-state index in [4.69, 9.17) is 4.74 Å². The van der Waals surface area contributed by atoms with Gasteiger partial charge in [-0.25, -0.2) is 0 Å². The predicted octanol–water partition coefficient (Wildman–Crippen LogP) is 2.18. The number of likely N-dealkylation sites (tertiary alicyclic amines) is 1. The number of hydrogen-bond donors (Lipinski definition) is 0. The van der Waals surface area contributed by atoms with Gasteiger partial charge in [0.1, 0.15) is 5.41 Å². The van der Waals surface area contributed by atoms with Crippen molar-refractivity contribution in [1.29, 1.82) is 5.26 Å². The molecule has 0 bridgehead atoms. The van der Waals surface area contributed by atoms with Gasteiger partial charge in [-0.3, -0.25) is 9.69 Å². The van der Waals surface area contributed by atoms with Gasteiger partial charge in [-0.05, 0) is 18.4 Å². The molecule has 0 spiro atoms. The second-order valence-electron chi connectivity index (χ2n) is 7.54. The molecule has 25 heavy (non-hydrogen) atoms. The van der Waals surface area contributed by atoms with Crippen LogP contribution in [0.25, 0.3) is 0 Å². The van der Waals surface area contributed by atoms with E-state index in [-0.39, 0.29) is 18.1 Å². The number of amides is 1. The Kier molecular flexibility index (Phi) is 4.49. The van der Waals surface area contributed by atoms with Crippen molar-refractivity contribution in [3.63, 3.8) is 0 Å². The lowest BCUT2D eigenvalue weighted by Crippen LogP contribution is -2.50. The molecule has 5 nitrogen and oxygen atoms in total. The van der Waals surface area contributed by atoms with Crippen LogP contribution in [0.1, 0.15) is 31.2 Å². The third-order valence-corrected chi connectivity index (χ3v) is 6.01. The molecule has 132 valence electrons. The summed E-state index contributed by atoms with van der Waals surface area (Å²) in [7, 11) is 0. The van der Waals surface area contributed by atoms with E-state index < -0.39 is 5.41 Å². The number of hydrogen-bond acceptors (Lipinski definition) is 4. The van der Waals surface area contributed by atoms with E-state index in [1.54, 1.807) is 0 Å². The molecule has 5 heteroatoms. The van der Waals surface area contributed by atoms with Crippen molar-refractivity contribution < 1.29 is 9.53 Å². The monoisotopic (exact) mass is 339 g/mol. The molecule has 2 heterocycles. The SMILES string of the molecule is N#CC1(C(=O)N2C[C@@H]3OCCN(Cc4ccccc4)[C@H]3C2)CCCC1. The van der Waals surface area contributed by atoms with E-state index in [1.165, 1.54) is 5.56 Å². The maximum Gasteiger partial charge on any atom is 0.243 e. The highest BCUT2D eigenvalue weighted by Gasteiger charge is 2.49. The van der Waals surface area contributed by atoms with Gasteiger partial charge in [0.05, 0.1) is 24.8 Å². The van der Waals surface area contributed by atoms with E-state index in [9.17, 15) is 10.1 Å². The number of ether oxygens (including phenoxy) is 1. The second-order valence-corrected chi connectivity index (χ2v) is 7.54. The Morgan fingerprint density at radius 1 is 1.24 bits per heavy atom. The van der Waals surface area contributed by atoms with Crippen LogP contribution in [-0.4, -0.2) is 54.1 Å². The molecular formula is C20H25N3O2. The van der Waals surface area contributed by atoms with Crippen LogP contribution in [0.4, 0.5) is 0 Å².